The number of amides is 4. The van der Waals surface area contributed by atoms with Crippen LogP contribution in [0, 0.1) is 0 Å². The van der Waals surface area contributed by atoms with Crippen LogP contribution in [0.1, 0.15) is 31.3 Å². The van der Waals surface area contributed by atoms with Crippen molar-refractivity contribution < 1.29 is 23.9 Å². The molecule has 0 fully saturated rings. The fourth-order valence-electron chi connectivity index (χ4n) is 2.97. The minimum Gasteiger partial charge on any atom is -0.457 e. The summed E-state index contributed by atoms with van der Waals surface area (Å²) in [6, 6.07) is 16.3. The van der Waals surface area contributed by atoms with Crippen LogP contribution in [0.4, 0.5) is 26.7 Å². The maximum absolute atomic E-state index is 12.4. The number of nitrogens with one attached hydrogen (secondary N) is 3. The molecule has 0 aliphatic rings. The topological polar surface area (TPSA) is 122 Å². The zero-order valence-corrected chi connectivity index (χ0v) is 20.8. The van der Waals surface area contributed by atoms with Crippen molar-refractivity contribution in [3.63, 3.8) is 0 Å². The minimum absolute atomic E-state index is 0.245. The maximum Gasteiger partial charge on any atom is 0.414 e. The Balaban J connectivity index is 1.54. The highest BCUT2D eigenvalue weighted by Crippen LogP contribution is 2.24. The Kier molecular flexibility index (Phi) is 8.11. The van der Waals surface area contributed by atoms with Gasteiger partial charge in [0.1, 0.15) is 22.8 Å². The van der Waals surface area contributed by atoms with Crippen molar-refractivity contribution in [1.82, 2.24) is 10.3 Å². The summed E-state index contributed by atoms with van der Waals surface area (Å²) in [6.45, 7) is 5.41. The van der Waals surface area contributed by atoms with Gasteiger partial charge >= 0.3 is 12.1 Å². The SMILES string of the molecule is CNC(=O)c1cc(Oc2ccc(NC(=O)Nc3ccc(N(C)C(=O)OC(C)(C)C)cc3)cc2)ccn1. The first-order valence-corrected chi connectivity index (χ1v) is 11.1. The molecule has 0 saturated heterocycles. The molecule has 3 N–H and O–H groups in total. The third-order valence-corrected chi connectivity index (χ3v) is 4.72. The quantitative estimate of drug-likeness (QED) is 0.433. The molecule has 0 atom stereocenters. The van der Waals surface area contributed by atoms with Crippen molar-refractivity contribution in [3.8, 4) is 11.5 Å². The Bertz CT molecular complexity index is 1220. The number of aromatic nitrogens is 1. The Labute approximate surface area is 209 Å². The molecule has 2 aromatic carbocycles. The number of ether oxygens (including phenoxy) is 2. The number of hydrogen-bond acceptors (Lipinski definition) is 6. The van der Waals surface area contributed by atoms with E-state index in [0.29, 0.717) is 28.6 Å². The van der Waals surface area contributed by atoms with Crippen LogP contribution in [0.5, 0.6) is 11.5 Å². The summed E-state index contributed by atoms with van der Waals surface area (Å²) in [7, 11) is 3.14. The number of nitrogens with zero attached hydrogens (tertiary/aromatic N) is 2. The number of benzene rings is 2. The van der Waals surface area contributed by atoms with Gasteiger partial charge in [0.2, 0.25) is 0 Å². The molecular formula is C26H29N5O5. The first-order valence-electron chi connectivity index (χ1n) is 11.1. The number of carbonyl (C=O) groups is 3. The van der Waals surface area contributed by atoms with Gasteiger partial charge in [-0.15, -0.1) is 0 Å². The molecular weight excluding hydrogens is 462 g/mol. The van der Waals surface area contributed by atoms with Crippen molar-refractivity contribution in [2.75, 3.05) is 29.6 Å². The van der Waals surface area contributed by atoms with Crippen LogP contribution < -0.4 is 25.6 Å². The first kappa shape index (κ1) is 26.0. The van der Waals surface area contributed by atoms with Gasteiger partial charge in [0.05, 0.1) is 0 Å². The molecule has 10 nitrogen and oxygen atoms in total. The highest BCUT2D eigenvalue weighted by atomic mass is 16.6. The average molecular weight is 492 g/mol. The van der Waals surface area contributed by atoms with E-state index in [0.717, 1.165) is 0 Å². The number of carbonyl (C=O) groups excluding carboxylic acids is 3. The third-order valence-electron chi connectivity index (χ3n) is 4.72. The van der Waals surface area contributed by atoms with E-state index in [-0.39, 0.29) is 11.6 Å². The standard InChI is InChI=1S/C26H29N5O5/c1-26(2,3)36-25(34)31(5)19-10-6-17(7-11-19)29-24(33)30-18-8-12-20(13-9-18)35-21-14-15-28-22(16-21)23(32)27-4/h6-16H,1-5H3,(H,27,32)(H2,29,30,33). The monoisotopic (exact) mass is 491 g/mol. The molecule has 0 aliphatic heterocycles. The van der Waals surface area contributed by atoms with Gasteiger partial charge in [0, 0.05) is 43.4 Å². The van der Waals surface area contributed by atoms with Crippen molar-refractivity contribution in [2.45, 2.75) is 26.4 Å². The van der Waals surface area contributed by atoms with Crippen LogP contribution in [0.15, 0.2) is 66.9 Å². The Hall–Kier alpha value is -4.60. The van der Waals surface area contributed by atoms with Gasteiger partial charge in [-0.1, -0.05) is 0 Å². The van der Waals surface area contributed by atoms with Crippen molar-refractivity contribution in [1.29, 1.82) is 0 Å². The normalized spacial score (nSPS) is 10.7. The molecule has 36 heavy (non-hydrogen) atoms. The summed E-state index contributed by atoms with van der Waals surface area (Å²) >= 11 is 0. The molecule has 3 rings (SSSR count). The largest absolute Gasteiger partial charge is 0.457 e. The second-order valence-electron chi connectivity index (χ2n) is 8.75. The highest BCUT2D eigenvalue weighted by Gasteiger charge is 2.20. The van der Waals surface area contributed by atoms with Crippen LogP contribution in [-0.2, 0) is 4.74 Å². The fraction of sp³-hybridized carbons (Fsp3) is 0.231. The molecule has 0 spiro atoms. The Morgan fingerprint density at radius 1 is 0.861 bits per heavy atom. The Morgan fingerprint density at radius 2 is 1.44 bits per heavy atom. The van der Waals surface area contributed by atoms with E-state index < -0.39 is 17.7 Å². The van der Waals surface area contributed by atoms with E-state index >= 15 is 0 Å². The van der Waals surface area contributed by atoms with Crippen molar-refractivity contribution in [2.24, 2.45) is 0 Å². The molecule has 0 unspecified atom stereocenters. The summed E-state index contributed by atoms with van der Waals surface area (Å²) < 4.78 is 11.1. The van der Waals surface area contributed by atoms with Crippen molar-refractivity contribution in [3.05, 3.63) is 72.6 Å². The lowest BCUT2D eigenvalue weighted by Gasteiger charge is -2.24. The number of anilines is 3. The number of urea groups is 1. The highest BCUT2D eigenvalue weighted by molar-refractivity contribution is 6.00. The van der Waals surface area contributed by atoms with Crippen LogP contribution in [0.3, 0.4) is 0 Å². The fourth-order valence-corrected chi connectivity index (χ4v) is 2.97. The molecule has 3 aromatic rings. The molecule has 0 radical (unpaired) electrons. The van der Waals surface area contributed by atoms with Crippen LogP contribution >= 0.6 is 0 Å². The first-order chi connectivity index (χ1) is 17.0. The molecule has 10 heteroatoms. The van der Waals surface area contributed by atoms with Crippen molar-refractivity contribution >= 4 is 35.1 Å². The number of pyridine rings is 1. The van der Waals surface area contributed by atoms with E-state index in [1.54, 1.807) is 82.4 Å². The van der Waals surface area contributed by atoms with E-state index in [4.69, 9.17) is 9.47 Å². The predicted molar refractivity (Wildman–Crippen MR) is 138 cm³/mol. The van der Waals surface area contributed by atoms with E-state index in [1.165, 1.54) is 24.2 Å². The lowest BCUT2D eigenvalue weighted by Crippen LogP contribution is -2.34. The van der Waals surface area contributed by atoms with Gasteiger partial charge in [0.15, 0.2) is 0 Å². The minimum atomic E-state index is -0.593. The van der Waals surface area contributed by atoms with E-state index in [9.17, 15) is 14.4 Å². The average Bonchev–Trinajstić information content (AvgIpc) is 2.84. The zero-order chi connectivity index (χ0) is 26.3. The zero-order valence-electron chi connectivity index (χ0n) is 20.8. The molecule has 0 aliphatic carbocycles. The molecule has 4 amide bonds. The van der Waals surface area contributed by atoms with Gasteiger partial charge in [-0.25, -0.2) is 9.59 Å². The second-order valence-corrected chi connectivity index (χ2v) is 8.75. The summed E-state index contributed by atoms with van der Waals surface area (Å²) in [5.74, 6) is 0.679. The smallest absolute Gasteiger partial charge is 0.414 e. The van der Waals surface area contributed by atoms with Gasteiger partial charge in [0.25, 0.3) is 5.91 Å². The molecule has 0 bridgehead atoms. The van der Waals surface area contributed by atoms with Crippen LogP contribution in [0.2, 0.25) is 0 Å². The number of rotatable bonds is 6. The van der Waals surface area contributed by atoms with E-state index in [1.807, 2.05) is 0 Å². The Morgan fingerprint density at radius 3 is 2.00 bits per heavy atom. The lowest BCUT2D eigenvalue weighted by molar-refractivity contribution is 0.0589. The van der Waals surface area contributed by atoms with Gasteiger partial charge in [-0.05, 0) is 75.4 Å². The lowest BCUT2D eigenvalue weighted by atomic mass is 10.2. The number of hydrogen-bond donors (Lipinski definition) is 3. The van der Waals surface area contributed by atoms with Crippen LogP contribution in [-0.4, -0.2) is 42.7 Å². The summed E-state index contributed by atoms with van der Waals surface area (Å²) in [5, 5.41) is 7.99. The van der Waals surface area contributed by atoms with Gasteiger partial charge < -0.3 is 25.4 Å². The van der Waals surface area contributed by atoms with Gasteiger partial charge in [-0.3, -0.25) is 14.7 Å². The predicted octanol–water partition coefficient (Wildman–Crippen LogP) is 5.25. The van der Waals surface area contributed by atoms with Crippen LogP contribution in [0.25, 0.3) is 0 Å². The molecule has 188 valence electrons. The van der Waals surface area contributed by atoms with Gasteiger partial charge in [-0.2, -0.15) is 0 Å². The third kappa shape index (κ3) is 7.45. The summed E-state index contributed by atoms with van der Waals surface area (Å²) in [6.07, 6.45) is 1.02. The molecule has 0 saturated carbocycles. The molecule has 1 heterocycles. The summed E-state index contributed by atoms with van der Waals surface area (Å²) in [5.41, 5.74) is 1.39. The second kappa shape index (κ2) is 11.2. The maximum atomic E-state index is 12.4. The summed E-state index contributed by atoms with van der Waals surface area (Å²) in [4.78, 5) is 41.7. The molecule has 1 aromatic heterocycles. The van der Waals surface area contributed by atoms with E-state index in [2.05, 4.69) is 20.9 Å².